The van der Waals surface area contributed by atoms with Crippen LogP contribution < -0.4 is 15.4 Å². The van der Waals surface area contributed by atoms with E-state index < -0.39 is 0 Å². The third-order valence-corrected chi connectivity index (χ3v) is 5.60. The zero-order chi connectivity index (χ0) is 20.3. The fraction of sp³-hybridized carbons (Fsp3) is 0.550. The van der Waals surface area contributed by atoms with E-state index in [-0.39, 0.29) is 30.4 Å². The van der Waals surface area contributed by atoms with E-state index in [1.807, 2.05) is 19.1 Å². The number of benzene rings is 1. The van der Waals surface area contributed by atoms with Gasteiger partial charge in [0.1, 0.15) is 19.7 Å². The maximum absolute atomic E-state index is 12.0. The van der Waals surface area contributed by atoms with Gasteiger partial charge in [-0.25, -0.2) is 0 Å². The van der Waals surface area contributed by atoms with Crippen molar-refractivity contribution in [3.63, 3.8) is 0 Å². The molecule has 150 valence electrons. The number of nitrogens with zero attached hydrogens (tertiary/aromatic N) is 1. The van der Waals surface area contributed by atoms with Gasteiger partial charge in [-0.05, 0) is 23.6 Å². The number of amides is 2. The molecular formula is C20H28BN3O4. The Balaban J connectivity index is 1.43. The van der Waals surface area contributed by atoms with Crippen LogP contribution in [0.15, 0.2) is 18.2 Å². The molecule has 1 saturated heterocycles. The first-order chi connectivity index (χ1) is 13.4. The molecule has 1 aromatic carbocycles. The molecule has 0 radical (unpaired) electrons. The number of rotatable bonds is 9. The standard InChI is InChI=1S/C20H28BN3O4/c1-12(20(27)23-7-19(26)22-2)8-24-9-15(10-24)28-18-4-3-13(5-14(18)11-25)16-6-17(16)21/h3-5,11-12,15-17H,6-10,21H2,1-2H3,(H,22,26)(H,23,27). The summed E-state index contributed by atoms with van der Waals surface area (Å²) in [7, 11) is 3.76. The van der Waals surface area contributed by atoms with Crippen LogP contribution in [-0.2, 0) is 9.59 Å². The lowest BCUT2D eigenvalue weighted by atomic mass is 9.96. The lowest BCUT2D eigenvalue weighted by Crippen LogP contribution is -2.56. The molecule has 1 saturated carbocycles. The molecule has 0 bridgehead atoms. The number of likely N-dealkylation sites (tertiary alicyclic amines) is 1. The largest absolute Gasteiger partial charge is 0.487 e. The van der Waals surface area contributed by atoms with Crippen molar-refractivity contribution in [2.75, 3.05) is 33.2 Å². The van der Waals surface area contributed by atoms with Crippen LogP contribution in [0.4, 0.5) is 0 Å². The molecule has 0 aromatic heterocycles. The molecule has 7 nitrogen and oxygen atoms in total. The predicted octanol–water partition coefficient (Wildman–Crippen LogP) is -0.0307. The van der Waals surface area contributed by atoms with Crippen molar-refractivity contribution in [3.05, 3.63) is 29.3 Å². The minimum Gasteiger partial charge on any atom is -0.487 e. The molecule has 1 aliphatic carbocycles. The number of carbonyl (C=O) groups excluding carboxylic acids is 3. The first-order valence-corrected chi connectivity index (χ1v) is 9.87. The van der Waals surface area contributed by atoms with Crippen LogP contribution >= 0.6 is 0 Å². The smallest absolute Gasteiger partial charge is 0.239 e. The van der Waals surface area contributed by atoms with Crippen molar-refractivity contribution in [2.24, 2.45) is 5.92 Å². The monoisotopic (exact) mass is 385 g/mol. The highest BCUT2D eigenvalue weighted by Crippen LogP contribution is 2.50. The molecule has 2 aliphatic rings. The second kappa shape index (κ2) is 8.77. The highest BCUT2D eigenvalue weighted by Gasteiger charge is 2.35. The molecule has 1 heterocycles. The van der Waals surface area contributed by atoms with Crippen LogP contribution in [0.2, 0.25) is 5.82 Å². The molecule has 1 aliphatic heterocycles. The molecule has 0 spiro atoms. The molecule has 8 heteroatoms. The Morgan fingerprint density at radius 2 is 2.11 bits per heavy atom. The highest BCUT2D eigenvalue weighted by molar-refractivity contribution is 6.14. The second-order valence-corrected chi connectivity index (χ2v) is 7.99. The first kappa shape index (κ1) is 20.4. The quantitative estimate of drug-likeness (QED) is 0.461. The Hall–Kier alpha value is -2.35. The van der Waals surface area contributed by atoms with Gasteiger partial charge in [-0.3, -0.25) is 19.3 Å². The average Bonchev–Trinajstić information content (AvgIpc) is 3.40. The fourth-order valence-corrected chi connectivity index (χ4v) is 3.61. The molecule has 2 N–H and O–H groups in total. The average molecular weight is 385 g/mol. The van der Waals surface area contributed by atoms with Gasteiger partial charge in [-0.2, -0.15) is 0 Å². The number of likely N-dealkylation sites (N-methyl/N-ethyl adjacent to an activating group) is 1. The van der Waals surface area contributed by atoms with Gasteiger partial charge >= 0.3 is 0 Å². The van der Waals surface area contributed by atoms with Crippen molar-refractivity contribution in [2.45, 2.75) is 31.2 Å². The molecule has 3 rings (SSSR count). The summed E-state index contributed by atoms with van der Waals surface area (Å²) in [5, 5.41) is 5.10. The van der Waals surface area contributed by atoms with Gasteiger partial charge in [0, 0.05) is 32.6 Å². The van der Waals surface area contributed by atoms with E-state index in [4.69, 9.17) is 4.74 Å². The number of ether oxygens (including phenoxy) is 1. The molecular weight excluding hydrogens is 357 g/mol. The van der Waals surface area contributed by atoms with Crippen molar-refractivity contribution < 1.29 is 19.1 Å². The van der Waals surface area contributed by atoms with Gasteiger partial charge in [0.15, 0.2) is 6.29 Å². The van der Waals surface area contributed by atoms with Gasteiger partial charge in [-0.15, -0.1) is 0 Å². The van der Waals surface area contributed by atoms with Crippen molar-refractivity contribution >= 4 is 25.9 Å². The fourth-order valence-electron chi connectivity index (χ4n) is 3.61. The van der Waals surface area contributed by atoms with E-state index >= 15 is 0 Å². The number of aldehydes is 1. The van der Waals surface area contributed by atoms with Crippen LogP contribution in [0.5, 0.6) is 5.75 Å². The summed E-state index contributed by atoms with van der Waals surface area (Å²) in [6, 6.07) is 5.92. The van der Waals surface area contributed by atoms with Crippen LogP contribution in [0.1, 0.15) is 35.2 Å². The Bertz CT molecular complexity index is 751. The van der Waals surface area contributed by atoms with Crippen molar-refractivity contribution in [3.8, 4) is 5.75 Å². The summed E-state index contributed by atoms with van der Waals surface area (Å²) >= 11 is 0. The van der Waals surface area contributed by atoms with Crippen molar-refractivity contribution in [1.82, 2.24) is 15.5 Å². The maximum Gasteiger partial charge on any atom is 0.239 e. The number of hydrogen-bond acceptors (Lipinski definition) is 5. The van der Waals surface area contributed by atoms with Gasteiger partial charge < -0.3 is 15.4 Å². The molecule has 2 fully saturated rings. The maximum atomic E-state index is 12.0. The number of carbonyl (C=O) groups is 3. The van der Waals surface area contributed by atoms with E-state index in [1.54, 1.807) is 0 Å². The summed E-state index contributed by atoms with van der Waals surface area (Å²) in [5.74, 6) is 1.33. The Labute approximate surface area is 166 Å². The SMILES string of the molecule is BC1CC1c1ccc(OC2CN(CC(C)C(=O)NCC(=O)NC)C2)c(C=O)c1. The summed E-state index contributed by atoms with van der Waals surface area (Å²) in [4.78, 5) is 36.8. The molecule has 1 aromatic rings. The zero-order valence-corrected chi connectivity index (χ0v) is 16.7. The third-order valence-electron chi connectivity index (χ3n) is 5.60. The summed E-state index contributed by atoms with van der Waals surface area (Å²) in [5.41, 5.74) is 1.82. The number of hydrogen-bond donors (Lipinski definition) is 2. The highest BCUT2D eigenvalue weighted by atomic mass is 16.5. The Morgan fingerprint density at radius 3 is 2.71 bits per heavy atom. The predicted molar refractivity (Wildman–Crippen MR) is 109 cm³/mol. The first-order valence-electron chi connectivity index (χ1n) is 9.87. The summed E-state index contributed by atoms with van der Waals surface area (Å²) < 4.78 is 5.99. The normalized spacial score (nSPS) is 22.6. The topological polar surface area (TPSA) is 87.7 Å². The Morgan fingerprint density at radius 1 is 1.39 bits per heavy atom. The van der Waals surface area contributed by atoms with Crippen molar-refractivity contribution in [1.29, 1.82) is 0 Å². The van der Waals surface area contributed by atoms with Gasteiger partial charge in [0.25, 0.3) is 0 Å². The summed E-state index contributed by atoms with van der Waals surface area (Å²) in [6.45, 7) is 3.88. The van der Waals surface area contributed by atoms with E-state index in [0.29, 0.717) is 42.7 Å². The Kier molecular flexibility index (Phi) is 6.39. The van der Waals surface area contributed by atoms with Crippen LogP contribution in [-0.4, -0.2) is 70.2 Å². The van der Waals surface area contributed by atoms with Gasteiger partial charge in [0.05, 0.1) is 12.1 Å². The summed E-state index contributed by atoms with van der Waals surface area (Å²) in [6.07, 6.45) is 2.07. The van der Waals surface area contributed by atoms with Crippen LogP contribution in [0.3, 0.4) is 0 Å². The lowest BCUT2D eigenvalue weighted by Gasteiger charge is -2.40. The molecule has 3 atom stereocenters. The van der Waals surface area contributed by atoms with E-state index in [9.17, 15) is 14.4 Å². The van der Waals surface area contributed by atoms with Crippen LogP contribution in [0, 0.1) is 5.92 Å². The minimum atomic E-state index is -0.217. The van der Waals surface area contributed by atoms with E-state index in [2.05, 4.69) is 29.4 Å². The lowest BCUT2D eigenvalue weighted by molar-refractivity contribution is -0.129. The molecule has 28 heavy (non-hydrogen) atoms. The van der Waals surface area contributed by atoms with Gasteiger partial charge in [-0.1, -0.05) is 25.2 Å². The van der Waals surface area contributed by atoms with Gasteiger partial charge in [0.2, 0.25) is 11.8 Å². The number of nitrogens with one attached hydrogen (secondary N) is 2. The second-order valence-electron chi connectivity index (χ2n) is 7.99. The minimum absolute atomic E-state index is 0.00445. The van der Waals surface area contributed by atoms with E-state index in [0.717, 1.165) is 6.29 Å². The molecule has 2 amide bonds. The third kappa shape index (κ3) is 4.92. The van der Waals surface area contributed by atoms with E-state index in [1.165, 1.54) is 19.0 Å². The van der Waals surface area contributed by atoms with Crippen LogP contribution in [0.25, 0.3) is 0 Å². The molecule has 3 unspecified atom stereocenters. The zero-order valence-electron chi connectivity index (χ0n) is 16.7.